The van der Waals surface area contributed by atoms with Crippen molar-refractivity contribution in [3.8, 4) is 33.6 Å². The SMILES string of the molecule is COC(=O)N[C@H]1CCCCCOCC[C@@H](c2ncc(-c3ccc(-c4ccc(-c5cnc([C@@H]6CCCN6C(=O)C(c6cnc7ccccc7c6)N(C)C)[nH]5)cc4)cc3)[nH]2)NC1=O. The van der Waals surface area contributed by atoms with Crippen molar-refractivity contribution in [1.29, 1.82) is 0 Å². The second kappa shape index (κ2) is 18.9. The van der Waals surface area contributed by atoms with E-state index in [-0.39, 0.29) is 17.9 Å². The molecule has 0 saturated carbocycles. The first-order valence-electron chi connectivity index (χ1n) is 21.1. The van der Waals surface area contributed by atoms with E-state index in [0.717, 1.165) is 88.0 Å². The second-order valence-electron chi connectivity index (χ2n) is 16.0. The maximum absolute atomic E-state index is 14.2. The van der Waals surface area contributed by atoms with Crippen molar-refractivity contribution in [1.82, 2.24) is 45.4 Å². The Morgan fingerprint density at radius 1 is 0.787 bits per heavy atom. The minimum absolute atomic E-state index is 0.0466. The first kappa shape index (κ1) is 41.4. The number of benzene rings is 3. The summed E-state index contributed by atoms with van der Waals surface area (Å²) in [5, 5.41) is 6.77. The number of likely N-dealkylation sites (N-methyl/N-ethyl adjacent to an activating group) is 1. The lowest BCUT2D eigenvalue weighted by atomic mass is 10.0. The molecular formula is C47H53N9O5. The molecule has 0 spiro atoms. The number of methoxy groups -OCH3 is 1. The van der Waals surface area contributed by atoms with Gasteiger partial charge in [0.1, 0.15) is 23.7 Å². The first-order valence-corrected chi connectivity index (χ1v) is 21.1. The molecule has 316 valence electrons. The summed E-state index contributed by atoms with van der Waals surface area (Å²) in [5.74, 6) is 1.17. The van der Waals surface area contributed by atoms with Crippen LogP contribution >= 0.6 is 0 Å². The van der Waals surface area contributed by atoms with Crippen LogP contribution in [0.5, 0.6) is 0 Å². The monoisotopic (exact) mass is 823 g/mol. The van der Waals surface area contributed by atoms with E-state index >= 15 is 0 Å². The molecule has 3 amide bonds. The van der Waals surface area contributed by atoms with E-state index in [1.54, 1.807) is 6.20 Å². The number of nitrogens with zero attached hydrogens (tertiary/aromatic N) is 5. The number of amides is 3. The molecule has 6 aromatic rings. The van der Waals surface area contributed by atoms with E-state index < -0.39 is 24.2 Å². The molecule has 4 atom stereocenters. The van der Waals surface area contributed by atoms with Crippen molar-refractivity contribution >= 4 is 28.8 Å². The predicted molar refractivity (Wildman–Crippen MR) is 233 cm³/mol. The van der Waals surface area contributed by atoms with Crippen molar-refractivity contribution in [3.05, 3.63) is 115 Å². The number of nitrogens with one attached hydrogen (secondary N) is 4. The van der Waals surface area contributed by atoms with Crippen LogP contribution in [0.25, 0.3) is 44.5 Å². The van der Waals surface area contributed by atoms with Crippen molar-refractivity contribution in [2.45, 2.75) is 69.1 Å². The molecular weight excluding hydrogens is 771 g/mol. The van der Waals surface area contributed by atoms with Crippen LogP contribution in [-0.2, 0) is 19.1 Å². The second-order valence-corrected chi connectivity index (χ2v) is 16.0. The number of likely N-dealkylation sites (tertiary alicyclic amines) is 1. The van der Waals surface area contributed by atoms with Gasteiger partial charge in [0.15, 0.2) is 0 Å². The standard InChI is InChI=1S/C47H53N9O5/c1-55(2)42(35-26-34-10-6-7-11-36(34)48-27-35)46(58)56-23-9-13-41(56)44-50-29-40(52-44)33-20-16-31(17-21-33)30-14-18-32(19-15-30)39-28-49-43(51-39)37-22-25-61-24-8-4-5-12-38(45(57)53-37)54-47(59)60-3/h6-7,10-11,14-21,26-29,37-38,41-42H,4-5,8-9,12-13,22-25H2,1-3H3,(H,49,51)(H,50,52)(H,53,57)(H,54,59)/t37-,38-,41-,42?/m0/s1. The quantitative estimate of drug-likeness (QED) is 0.115. The van der Waals surface area contributed by atoms with Gasteiger partial charge in [0.05, 0.1) is 48.5 Å². The zero-order chi connectivity index (χ0) is 42.3. The van der Waals surface area contributed by atoms with E-state index in [2.05, 4.69) is 73.0 Å². The average Bonchev–Trinajstić information content (AvgIpc) is 4.08. The molecule has 0 radical (unpaired) electrons. The number of hydrogen-bond donors (Lipinski definition) is 4. The summed E-state index contributed by atoms with van der Waals surface area (Å²) in [4.78, 5) is 64.5. The van der Waals surface area contributed by atoms with Crippen molar-refractivity contribution in [2.75, 3.05) is 41.0 Å². The highest BCUT2D eigenvalue weighted by Gasteiger charge is 2.37. The molecule has 8 rings (SSSR count). The Kier molecular flexibility index (Phi) is 12.8. The minimum Gasteiger partial charge on any atom is -0.453 e. The van der Waals surface area contributed by atoms with Gasteiger partial charge >= 0.3 is 6.09 Å². The van der Waals surface area contributed by atoms with Crippen molar-refractivity contribution < 1.29 is 23.9 Å². The van der Waals surface area contributed by atoms with Crippen LogP contribution in [0.15, 0.2) is 97.5 Å². The zero-order valence-corrected chi connectivity index (χ0v) is 34.9. The van der Waals surface area contributed by atoms with Crippen molar-refractivity contribution in [3.63, 3.8) is 0 Å². The molecule has 0 aliphatic carbocycles. The molecule has 61 heavy (non-hydrogen) atoms. The summed E-state index contributed by atoms with van der Waals surface area (Å²) in [6.45, 7) is 1.78. The van der Waals surface area contributed by atoms with Gasteiger partial charge in [-0.05, 0) is 86.1 Å². The summed E-state index contributed by atoms with van der Waals surface area (Å²) in [7, 11) is 5.16. The number of rotatable bonds is 9. The number of carbonyl (C=O) groups is 3. The topological polar surface area (TPSA) is 170 Å². The number of aromatic amines is 2. The van der Waals surface area contributed by atoms with E-state index in [1.165, 1.54) is 7.11 Å². The Balaban J connectivity index is 0.924. The smallest absolute Gasteiger partial charge is 0.407 e. The lowest BCUT2D eigenvalue weighted by molar-refractivity contribution is -0.137. The molecule has 2 fully saturated rings. The van der Waals surface area contributed by atoms with Crippen LogP contribution in [0.4, 0.5) is 4.79 Å². The molecule has 5 heterocycles. The normalized spacial score (nSPS) is 19.5. The Morgan fingerprint density at radius 3 is 2.16 bits per heavy atom. The molecule has 0 bridgehead atoms. The highest BCUT2D eigenvalue weighted by Crippen LogP contribution is 2.36. The minimum atomic E-state index is -0.703. The number of fused-ring (bicyclic) bond motifs is 1. The lowest BCUT2D eigenvalue weighted by Gasteiger charge is -2.31. The highest BCUT2D eigenvalue weighted by atomic mass is 16.5. The summed E-state index contributed by atoms with van der Waals surface area (Å²) in [6.07, 6.45) is 10.2. The fourth-order valence-corrected chi connectivity index (χ4v) is 8.42. The predicted octanol–water partition coefficient (Wildman–Crippen LogP) is 7.51. The van der Waals surface area contributed by atoms with Crippen LogP contribution in [0, 0.1) is 0 Å². The Labute approximate surface area is 355 Å². The van der Waals surface area contributed by atoms with Gasteiger partial charge in [-0.1, -0.05) is 79.6 Å². The molecule has 1 unspecified atom stereocenters. The van der Waals surface area contributed by atoms with Gasteiger partial charge in [-0.3, -0.25) is 19.5 Å². The van der Waals surface area contributed by atoms with E-state index in [4.69, 9.17) is 14.5 Å². The van der Waals surface area contributed by atoms with Crippen LogP contribution in [0.2, 0.25) is 0 Å². The third-order valence-corrected chi connectivity index (χ3v) is 11.7. The highest BCUT2D eigenvalue weighted by molar-refractivity contribution is 5.87. The van der Waals surface area contributed by atoms with Gasteiger partial charge < -0.3 is 35.0 Å². The van der Waals surface area contributed by atoms with Gasteiger partial charge in [-0.25, -0.2) is 14.8 Å². The number of aromatic nitrogens is 5. The third kappa shape index (κ3) is 9.50. The number of hydrogen-bond acceptors (Lipinski definition) is 9. The third-order valence-electron chi connectivity index (χ3n) is 11.7. The molecule has 2 aliphatic rings. The van der Waals surface area contributed by atoms with E-state index in [0.29, 0.717) is 38.4 Å². The molecule has 14 nitrogen and oxygen atoms in total. The maximum atomic E-state index is 14.2. The van der Waals surface area contributed by atoms with Gasteiger partial charge in [0.2, 0.25) is 11.8 Å². The number of pyridine rings is 1. The molecule has 4 N–H and O–H groups in total. The number of carbonyl (C=O) groups excluding carboxylic acids is 3. The fourth-order valence-electron chi connectivity index (χ4n) is 8.42. The summed E-state index contributed by atoms with van der Waals surface area (Å²) < 4.78 is 10.6. The summed E-state index contributed by atoms with van der Waals surface area (Å²) in [6, 6.07) is 24.9. The van der Waals surface area contributed by atoms with Gasteiger partial charge in [-0.2, -0.15) is 0 Å². The van der Waals surface area contributed by atoms with Crippen LogP contribution in [-0.4, -0.2) is 99.6 Å². The molecule has 3 aromatic carbocycles. The number of imidazole rings is 2. The van der Waals surface area contributed by atoms with E-state index in [1.807, 2.05) is 72.7 Å². The van der Waals surface area contributed by atoms with Crippen LogP contribution < -0.4 is 10.6 Å². The van der Waals surface area contributed by atoms with Gasteiger partial charge in [-0.15, -0.1) is 0 Å². The van der Waals surface area contributed by atoms with Gasteiger partial charge in [0, 0.05) is 31.3 Å². The number of para-hydroxylation sites is 1. The van der Waals surface area contributed by atoms with Crippen molar-refractivity contribution in [2.24, 2.45) is 0 Å². The fraction of sp³-hybridized carbons (Fsp3) is 0.362. The average molecular weight is 824 g/mol. The number of ether oxygens (including phenoxy) is 2. The summed E-state index contributed by atoms with van der Waals surface area (Å²) >= 11 is 0. The lowest BCUT2D eigenvalue weighted by Crippen LogP contribution is -2.48. The van der Waals surface area contributed by atoms with Crippen LogP contribution in [0.1, 0.15) is 80.3 Å². The Bertz CT molecular complexity index is 2440. The maximum Gasteiger partial charge on any atom is 0.407 e. The zero-order valence-electron chi connectivity index (χ0n) is 34.9. The van der Waals surface area contributed by atoms with E-state index in [9.17, 15) is 14.4 Å². The number of H-pyrrole nitrogens is 2. The molecule has 2 aliphatic heterocycles. The first-order chi connectivity index (χ1) is 29.7. The van der Waals surface area contributed by atoms with Gasteiger partial charge in [0.25, 0.3) is 0 Å². The Hall–Kier alpha value is -6.38. The molecule has 3 aromatic heterocycles. The number of alkyl carbamates (subject to hydrolysis) is 1. The molecule has 2 saturated heterocycles. The van der Waals surface area contributed by atoms with Crippen LogP contribution in [0.3, 0.4) is 0 Å². The summed E-state index contributed by atoms with van der Waals surface area (Å²) in [5.41, 5.74) is 7.59. The molecule has 14 heteroatoms. The Morgan fingerprint density at radius 2 is 1.46 bits per heavy atom. The largest absolute Gasteiger partial charge is 0.453 e.